The maximum Gasteiger partial charge on any atom is 0.339 e. The third-order valence-electron chi connectivity index (χ3n) is 2.51. The summed E-state index contributed by atoms with van der Waals surface area (Å²) in [5.41, 5.74) is -0.717. The second kappa shape index (κ2) is 6.04. The summed E-state index contributed by atoms with van der Waals surface area (Å²) < 4.78 is 19.0. The van der Waals surface area contributed by atoms with E-state index in [2.05, 4.69) is 0 Å². The third-order valence-corrected chi connectivity index (χ3v) is 3.18. The van der Waals surface area contributed by atoms with Crippen molar-refractivity contribution in [2.75, 3.05) is 0 Å². The molecule has 0 spiro atoms. The van der Waals surface area contributed by atoms with Crippen LogP contribution in [0.4, 0.5) is 10.1 Å². The van der Waals surface area contributed by atoms with Gasteiger partial charge in [0.25, 0.3) is 0 Å². The molecular weight excluding hydrogens is 396 g/mol. The van der Waals surface area contributed by atoms with E-state index in [4.69, 9.17) is 9.84 Å². The summed E-state index contributed by atoms with van der Waals surface area (Å²) in [7, 11) is 0. The number of nitro benzene ring substituents is 1. The number of carboxylic acids is 1. The Morgan fingerprint density at radius 1 is 1.24 bits per heavy atom. The standard InChI is InChI=1S/C13H7FINO5/c14-7-1-3-12(10(5-7)16(19)20)21-11-4-2-8(15)6-9(11)13(17)18/h1-6H,(H,17,18). The molecule has 0 unspecified atom stereocenters. The van der Waals surface area contributed by atoms with Crippen LogP contribution >= 0.6 is 22.6 Å². The van der Waals surface area contributed by atoms with Gasteiger partial charge in [-0.15, -0.1) is 0 Å². The highest BCUT2D eigenvalue weighted by molar-refractivity contribution is 14.1. The van der Waals surface area contributed by atoms with Crippen molar-refractivity contribution in [1.29, 1.82) is 0 Å². The quantitative estimate of drug-likeness (QED) is 0.476. The van der Waals surface area contributed by atoms with Gasteiger partial charge in [0, 0.05) is 3.57 Å². The molecule has 21 heavy (non-hydrogen) atoms. The predicted octanol–water partition coefficient (Wildman–Crippen LogP) is 3.83. The van der Waals surface area contributed by atoms with Crippen LogP contribution in [0.5, 0.6) is 11.5 Å². The van der Waals surface area contributed by atoms with Crippen molar-refractivity contribution in [3.05, 3.63) is 61.5 Å². The van der Waals surface area contributed by atoms with E-state index in [-0.39, 0.29) is 17.1 Å². The van der Waals surface area contributed by atoms with Crippen LogP contribution in [-0.4, -0.2) is 16.0 Å². The average molecular weight is 403 g/mol. The number of carbonyl (C=O) groups is 1. The highest BCUT2D eigenvalue weighted by Crippen LogP contribution is 2.34. The number of nitrogens with zero attached hydrogens (tertiary/aromatic N) is 1. The molecule has 1 N–H and O–H groups in total. The minimum absolute atomic E-state index is 0.0578. The van der Waals surface area contributed by atoms with Gasteiger partial charge in [0.05, 0.1) is 11.0 Å². The highest BCUT2D eigenvalue weighted by Gasteiger charge is 2.20. The normalized spacial score (nSPS) is 10.2. The lowest BCUT2D eigenvalue weighted by Gasteiger charge is -2.09. The van der Waals surface area contributed by atoms with Crippen molar-refractivity contribution in [1.82, 2.24) is 0 Å². The number of nitro groups is 1. The lowest BCUT2D eigenvalue weighted by Crippen LogP contribution is -2.02. The Labute approximate surface area is 131 Å². The Balaban J connectivity index is 2.48. The topological polar surface area (TPSA) is 89.7 Å². The molecule has 0 aliphatic rings. The van der Waals surface area contributed by atoms with E-state index in [1.165, 1.54) is 12.1 Å². The maximum atomic E-state index is 13.1. The van der Waals surface area contributed by atoms with Crippen molar-refractivity contribution in [3.8, 4) is 11.5 Å². The van der Waals surface area contributed by atoms with Crippen molar-refractivity contribution < 1.29 is 24.0 Å². The molecule has 2 aromatic rings. The smallest absolute Gasteiger partial charge is 0.339 e. The highest BCUT2D eigenvalue weighted by atomic mass is 127. The van der Waals surface area contributed by atoms with Crippen LogP contribution in [0.2, 0.25) is 0 Å². The zero-order valence-electron chi connectivity index (χ0n) is 10.2. The summed E-state index contributed by atoms with van der Waals surface area (Å²) >= 11 is 1.93. The molecule has 8 heteroatoms. The number of carboxylic acid groups (broad SMARTS) is 1. The van der Waals surface area contributed by atoms with Gasteiger partial charge in [-0.25, -0.2) is 9.18 Å². The molecule has 2 rings (SSSR count). The number of ether oxygens (including phenoxy) is 1. The van der Waals surface area contributed by atoms with Gasteiger partial charge in [-0.2, -0.15) is 0 Å². The zero-order chi connectivity index (χ0) is 15.6. The fraction of sp³-hybridized carbons (Fsp3) is 0. The molecule has 0 aliphatic carbocycles. The first-order valence-corrected chi connectivity index (χ1v) is 6.61. The lowest BCUT2D eigenvalue weighted by molar-refractivity contribution is -0.385. The van der Waals surface area contributed by atoms with E-state index in [1.807, 2.05) is 22.6 Å². The summed E-state index contributed by atoms with van der Waals surface area (Å²) in [5, 5.41) is 20.0. The second-order valence-corrected chi connectivity index (χ2v) is 5.16. The Morgan fingerprint density at radius 2 is 1.90 bits per heavy atom. The Morgan fingerprint density at radius 3 is 2.52 bits per heavy atom. The van der Waals surface area contributed by atoms with Gasteiger partial charge in [-0.05, 0) is 52.9 Å². The number of benzene rings is 2. The first-order chi connectivity index (χ1) is 9.88. The van der Waals surface area contributed by atoms with Gasteiger partial charge >= 0.3 is 11.7 Å². The number of halogens is 2. The number of hydrogen-bond donors (Lipinski definition) is 1. The fourth-order valence-electron chi connectivity index (χ4n) is 1.60. The van der Waals surface area contributed by atoms with Crippen molar-refractivity contribution in [2.24, 2.45) is 0 Å². The minimum atomic E-state index is -1.23. The number of hydrogen-bond acceptors (Lipinski definition) is 4. The molecule has 6 nitrogen and oxygen atoms in total. The van der Waals surface area contributed by atoms with Crippen LogP contribution < -0.4 is 4.74 Å². The van der Waals surface area contributed by atoms with Crippen LogP contribution in [0.3, 0.4) is 0 Å². The molecule has 0 fully saturated rings. The van der Waals surface area contributed by atoms with Crippen molar-refractivity contribution >= 4 is 34.2 Å². The van der Waals surface area contributed by atoms with Gasteiger partial charge in [0.15, 0.2) is 0 Å². The van der Waals surface area contributed by atoms with E-state index in [9.17, 15) is 19.3 Å². The minimum Gasteiger partial charge on any atom is -0.478 e. The molecule has 0 radical (unpaired) electrons. The monoisotopic (exact) mass is 403 g/mol. The average Bonchev–Trinajstić information content (AvgIpc) is 2.42. The largest absolute Gasteiger partial charge is 0.478 e. The maximum absolute atomic E-state index is 13.1. The van der Waals surface area contributed by atoms with E-state index >= 15 is 0 Å². The summed E-state index contributed by atoms with van der Waals surface area (Å²) in [6, 6.07) is 7.14. The third kappa shape index (κ3) is 3.45. The number of aromatic carboxylic acids is 1. The predicted molar refractivity (Wildman–Crippen MR) is 79.2 cm³/mol. The van der Waals surface area contributed by atoms with Crippen LogP contribution in [0.25, 0.3) is 0 Å². The fourth-order valence-corrected chi connectivity index (χ4v) is 2.09. The molecule has 108 valence electrons. The molecular formula is C13H7FINO5. The molecule has 0 saturated carbocycles. The number of rotatable bonds is 4. The molecule has 0 saturated heterocycles. The second-order valence-electron chi connectivity index (χ2n) is 3.92. The summed E-state index contributed by atoms with van der Waals surface area (Å²) in [6.07, 6.45) is 0. The molecule has 0 heterocycles. The van der Waals surface area contributed by atoms with Crippen LogP contribution in [0, 0.1) is 19.5 Å². The van der Waals surface area contributed by atoms with Crippen LogP contribution in [-0.2, 0) is 0 Å². The molecule has 2 aromatic carbocycles. The van der Waals surface area contributed by atoms with Gasteiger partial charge in [-0.1, -0.05) is 0 Å². The molecule has 0 aliphatic heterocycles. The Bertz CT molecular complexity index is 673. The van der Waals surface area contributed by atoms with E-state index < -0.39 is 22.4 Å². The van der Waals surface area contributed by atoms with Crippen LogP contribution in [0.1, 0.15) is 10.4 Å². The van der Waals surface area contributed by atoms with Crippen LogP contribution in [0.15, 0.2) is 36.4 Å². The molecule has 0 atom stereocenters. The summed E-state index contributed by atoms with van der Waals surface area (Å²) in [5.74, 6) is -2.30. The lowest BCUT2D eigenvalue weighted by atomic mass is 10.2. The Kier molecular flexibility index (Phi) is 4.36. The molecule has 0 amide bonds. The summed E-state index contributed by atoms with van der Waals surface area (Å²) in [4.78, 5) is 21.2. The van der Waals surface area contributed by atoms with E-state index in [0.717, 1.165) is 12.1 Å². The molecule has 0 aromatic heterocycles. The SMILES string of the molecule is O=C(O)c1cc(I)ccc1Oc1ccc(F)cc1[N+](=O)[O-]. The zero-order valence-corrected chi connectivity index (χ0v) is 12.4. The summed E-state index contributed by atoms with van der Waals surface area (Å²) in [6.45, 7) is 0. The van der Waals surface area contributed by atoms with Gasteiger partial charge in [0.2, 0.25) is 5.75 Å². The van der Waals surface area contributed by atoms with Crippen molar-refractivity contribution in [2.45, 2.75) is 0 Å². The van der Waals surface area contributed by atoms with E-state index in [1.54, 1.807) is 6.07 Å². The van der Waals surface area contributed by atoms with Crippen molar-refractivity contribution in [3.63, 3.8) is 0 Å². The van der Waals surface area contributed by atoms with Gasteiger partial charge in [-0.3, -0.25) is 10.1 Å². The molecule has 0 bridgehead atoms. The van der Waals surface area contributed by atoms with Gasteiger partial charge in [0.1, 0.15) is 17.1 Å². The first kappa shape index (κ1) is 15.2. The van der Waals surface area contributed by atoms with E-state index in [0.29, 0.717) is 9.64 Å². The van der Waals surface area contributed by atoms with Gasteiger partial charge < -0.3 is 9.84 Å². The first-order valence-electron chi connectivity index (χ1n) is 5.53. The Hall–Kier alpha value is -2.23.